The summed E-state index contributed by atoms with van der Waals surface area (Å²) in [6.45, 7) is 0. The first-order valence-electron chi connectivity index (χ1n) is 6.31. The molecule has 0 heterocycles. The molecule has 1 aromatic carbocycles. The molecule has 1 amide bonds. The lowest BCUT2D eigenvalue weighted by molar-refractivity contribution is -0.139. The van der Waals surface area contributed by atoms with Crippen molar-refractivity contribution < 1.29 is 23.5 Å². The summed E-state index contributed by atoms with van der Waals surface area (Å²) in [5, 5.41) is 19.6. The van der Waals surface area contributed by atoms with Crippen molar-refractivity contribution in [3.63, 3.8) is 0 Å². The fourth-order valence-corrected chi connectivity index (χ4v) is 1.72. The third-order valence-electron chi connectivity index (χ3n) is 2.81. The van der Waals surface area contributed by atoms with Gasteiger partial charge in [0.05, 0.1) is 11.6 Å². The Hall–Kier alpha value is -2.49. The van der Waals surface area contributed by atoms with Gasteiger partial charge >= 0.3 is 5.97 Å². The summed E-state index contributed by atoms with van der Waals surface area (Å²) in [6.07, 6.45) is 1.39. The van der Waals surface area contributed by atoms with Crippen molar-refractivity contribution in [2.24, 2.45) is 0 Å². The number of rotatable bonds is 7. The van der Waals surface area contributed by atoms with Gasteiger partial charge in [0, 0.05) is 12.5 Å². The van der Waals surface area contributed by atoms with Crippen molar-refractivity contribution in [2.75, 3.05) is 0 Å². The first-order chi connectivity index (χ1) is 9.95. The van der Waals surface area contributed by atoms with Crippen molar-refractivity contribution in [1.29, 1.82) is 5.26 Å². The number of carboxylic acid groups (broad SMARTS) is 1. The van der Waals surface area contributed by atoms with Crippen molar-refractivity contribution in [3.8, 4) is 6.07 Å². The summed E-state index contributed by atoms with van der Waals surface area (Å²) < 4.78 is 26.2. The molecule has 0 saturated heterocycles. The third kappa shape index (κ3) is 5.18. The summed E-state index contributed by atoms with van der Waals surface area (Å²) in [7, 11) is 0. The van der Waals surface area contributed by atoms with Gasteiger partial charge in [-0.15, -0.1) is 0 Å². The number of carbonyl (C=O) groups excluding carboxylic acids is 1. The van der Waals surface area contributed by atoms with Crippen LogP contribution in [0, 0.1) is 23.0 Å². The van der Waals surface area contributed by atoms with Crippen LogP contribution < -0.4 is 5.32 Å². The number of amides is 1. The van der Waals surface area contributed by atoms with Crippen LogP contribution in [0.5, 0.6) is 0 Å². The number of hydrogen-bond acceptors (Lipinski definition) is 3. The number of carboxylic acids is 1. The van der Waals surface area contributed by atoms with Gasteiger partial charge in [-0.2, -0.15) is 5.26 Å². The van der Waals surface area contributed by atoms with Gasteiger partial charge in [0.1, 0.15) is 17.7 Å². The Kier molecular flexibility index (Phi) is 6.27. The van der Waals surface area contributed by atoms with E-state index in [-0.39, 0.29) is 6.42 Å². The predicted octanol–water partition coefficient (Wildman–Crippen LogP) is 2.23. The van der Waals surface area contributed by atoms with Crippen LogP contribution in [0.25, 0.3) is 0 Å². The number of aliphatic carboxylic acids is 1. The summed E-state index contributed by atoms with van der Waals surface area (Å²) >= 11 is 0. The van der Waals surface area contributed by atoms with Crippen LogP contribution in [0.2, 0.25) is 0 Å². The maximum Gasteiger partial charge on any atom is 0.326 e. The first-order valence-corrected chi connectivity index (χ1v) is 6.31. The zero-order valence-corrected chi connectivity index (χ0v) is 11.1. The molecule has 0 aliphatic rings. The van der Waals surface area contributed by atoms with Gasteiger partial charge < -0.3 is 10.4 Å². The minimum Gasteiger partial charge on any atom is -0.480 e. The number of benzene rings is 1. The van der Waals surface area contributed by atoms with Gasteiger partial charge in [0.25, 0.3) is 5.91 Å². The lowest BCUT2D eigenvalue weighted by Crippen LogP contribution is -2.41. The van der Waals surface area contributed by atoms with E-state index in [1.807, 2.05) is 6.07 Å². The smallest absolute Gasteiger partial charge is 0.326 e. The van der Waals surface area contributed by atoms with Crippen LogP contribution in [0.4, 0.5) is 8.78 Å². The number of nitriles is 1. The highest BCUT2D eigenvalue weighted by Crippen LogP contribution is 2.11. The fourth-order valence-electron chi connectivity index (χ4n) is 1.72. The maximum atomic E-state index is 13.4. The third-order valence-corrected chi connectivity index (χ3v) is 2.81. The second-order valence-corrected chi connectivity index (χ2v) is 4.39. The van der Waals surface area contributed by atoms with Gasteiger partial charge in [-0.25, -0.2) is 13.6 Å². The zero-order chi connectivity index (χ0) is 15.8. The molecule has 112 valence electrons. The van der Waals surface area contributed by atoms with E-state index in [0.717, 1.165) is 12.1 Å². The molecule has 0 aliphatic carbocycles. The van der Waals surface area contributed by atoms with E-state index >= 15 is 0 Å². The molecule has 1 atom stereocenters. The molecular formula is C14H14F2N2O3. The Bertz CT molecular complexity index is 570. The van der Waals surface area contributed by atoms with Gasteiger partial charge in [0.15, 0.2) is 0 Å². The number of nitrogens with zero attached hydrogens (tertiary/aromatic N) is 1. The lowest BCUT2D eigenvalue weighted by Gasteiger charge is -2.14. The Balaban J connectivity index is 2.68. The van der Waals surface area contributed by atoms with Gasteiger partial charge in [0.2, 0.25) is 0 Å². The fraction of sp³-hybridized carbons (Fsp3) is 0.357. The molecular weight excluding hydrogens is 282 g/mol. The van der Waals surface area contributed by atoms with E-state index < -0.39 is 35.1 Å². The topological polar surface area (TPSA) is 90.2 Å². The lowest BCUT2D eigenvalue weighted by atomic mass is 10.1. The Morgan fingerprint density at radius 2 is 2.05 bits per heavy atom. The number of hydrogen-bond donors (Lipinski definition) is 2. The molecule has 2 N–H and O–H groups in total. The first kappa shape index (κ1) is 16.6. The average molecular weight is 296 g/mol. The largest absolute Gasteiger partial charge is 0.480 e. The van der Waals surface area contributed by atoms with Crippen LogP contribution in [0.1, 0.15) is 36.0 Å². The number of halogens is 2. The highest BCUT2D eigenvalue weighted by Gasteiger charge is 2.22. The van der Waals surface area contributed by atoms with Crippen LogP contribution in [0.3, 0.4) is 0 Å². The SMILES string of the molecule is N#CCCCC[C@H](NC(=O)c1ccc(F)cc1F)C(=O)O. The Labute approximate surface area is 120 Å². The van der Waals surface area contributed by atoms with Crippen molar-refractivity contribution in [1.82, 2.24) is 5.32 Å². The van der Waals surface area contributed by atoms with Gasteiger partial charge in [-0.05, 0) is 31.4 Å². The molecule has 0 bridgehead atoms. The molecule has 0 radical (unpaired) electrons. The Morgan fingerprint density at radius 1 is 1.33 bits per heavy atom. The molecule has 7 heteroatoms. The molecule has 0 spiro atoms. The van der Waals surface area contributed by atoms with Crippen molar-refractivity contribution in [3.05, 3.63) is 35.4 Å². The van der Waals surface area contributed by atoms with Crippen LogP contribution in [0.15, 0.2) is 18.2 Å². The van der Waals surface area contributed by atoms with Crippen LogP contribution in [-0.2, 0) is 4.79 Å². The van der Waals surface area contributed by atoms with E-state index in [0.29, 0.717) is 25.3 Å². The number of unbranched alkanes of at least 4 members (excludes halogenated alkanes) is 2. The number of carbonyl (C=O) groups is 2. The maximum absolute atomic E-state index is 13.4. The molecule has 1 rings (SSSR count). The summed E-state index contributed by atoms with van der Waals surface area (Å²) in [4.78, 5) is 22.8. The van der Waals surface area contributed by atoms with E-state index in [9.17, 15) is 18.4 Å². The van der Waals surface area contributed by atoms with E-state index in [1.54, 1.807) is 0 Å². The minimum absolute atomic E-state index is 0.131. The number of nitrogens with one attached hydrogen (secondary N) is 1. The van der Waals surface area contributed by atoms with Gasteiger partial charge in [-0.3, -0.25) is 4.79 Å². The van der Waals surface area contributed by atoms with Gasteiger partial charge in [-0.1, -0.05) is 0 Å². The summed E-state index contributed by atoms with van der Waals surface area (Å²) in [5.41, 5.74) is -0.417. The van der Waals surface area contributed by atoms with E-state index in [2.05, 4.69) is 5.32 Å². The summed E-state index contributed by atoms with van der Waals surface area (Å²) in [5.74, 6) is -4.04. The second-order valence-electron chi connectivity index (χ2n) is 4.39. The van der Waals surface area contributed by atoms with E-state index in [1.165, 1.54) is 0 Å². The zero-order valence-electron chi connectivity index (χ0n) is 11.1. The molecule has 0 unspecified atom stereocenters. The molecule has 0 saturated carbocycles. The molecule has 5 nitrogen and oxygen atoms in total. The van der Waals surface area contributed by atoms with Crippen molar-refractivity contribution >= 4 is 11.9 Å². The van der Waals surface area contributed by atoms with E-state index in [4.69, 9.17) is 10.4 Å². The molecule has 0 fully saturated rings. The normalized spacial score (nSPS) is 11.5. The molecule has 0 aromatic heterocycles. The quantitative estimate of drug-likeness (QED) is 0.755. The standard InChI is InChI=1S/C14H14F2N2O3/c15-9-5-6-10(11(16)8-9)13(19)18-12(14(20)21)4-2-1-3-7-17/h5-6,8,12H,1-4H2,(H,18,19)(H,20,21)/t12-/m0/s1. The second kappa shape index (κ2) is 7.94. The molecule has 0 aliphatic heterocycles. The highest BCUT2D eigenvalue weighted by atomic mass is 19.1. The van der Waals surface area contributed by atoms with Crippen LogP contribution >= 0.6 is 0 Å². The molecule has 21 heavy (non-hydrogen) atoms. The average Bonchev–Trinajstić information content (AvgIpc) is 2.41. The monoisotopic (exact) mass is 296 g/mol. The van der Waals surface area contributed by atoms with Crippen molar-refractivity contribution in [2.45, 2.75) is 31.7 Å². The highest BCUT2D eigenvalue weighted by molar-refractivity contribution is 5.96. The minimum atomic E-state index is -1.25. The Morgan fingerprint density at radius 3 is 2.62 bits per heavy atom. The molecule has 1 aromatic rings. The van der Waals surface area contributed by atoms with Crippen LogP contribution in [-0.4, -0.2) is 23.0 Å². The summed E-state index contributed by atoms with van der Waals surface area (Å²) in [6, 6.07) is 3.17. The predicted molar refractivity (Wildman–Crippen MR) is 69.3 cm³/mol.